The SMILES string of the molecule is C=Cc1cc(C=CC(=O)O)ccc1OC(C)C. The Labute approximate surface area is 101 Å². The first-order chi connectivity index (χ1) is 8.02. The van der Waals surface area contributed by atoms with E-state index >= 15 is 0 Å². The van der Waals surface area contributed by atoms with E-state index in [4.69, 9.17) is 9.84 Å². The molecule has 0 aromatic heterocycles. The molecule has 1 aromatic rings. The fourth-order valence-electron chi connectivity index (χ4n) is 1.36. The van der Waals surface area contributed by atoms with Crippen LogP contribution < -0.4 is 4.74 Å². The molecule has 0 atom stereocenters. The fourth-order valence-corrected chi connectivity index (χ4v) is 1.36. The third-order valence-corrected chi connectivity index (χ3v) is 2.03. The van der Waals surface area contributed by atoms with Gasteiger partial charge in [0.2, 0.25) is 0 Å². The summed E-state index contributed by atoms with van der Waals surface area (Å²) >= 11 is 0. The van der Waals surface area contributed by atoms with Crippen LogP contribution in [0.2, 0.25) is 0 Å². The number of rotatable bonds is 5. The Hall–Kier alpha value is -2.03. The van der Waals surface area contributed by atoms with Gasteiger partial charge in [-0.3, -0.25) is 0 Å². The average molecular weight is 232 g/mol. The molecule has 1 N–H and O–H groups in total. The minimum absolute atomic E-state index is 0.0918. The zero-order chi connectivity index (χ0) is 12.8. The molecule has 0 radical (unpaired) electrons. The van der Waals surface area contributed by atoms with Gasteiger partial charge in [-0.2, -0.15) is 0 Å². The van der Waals surface area contributed by atoms with Gasteiger partial charge in [-0.1, -0.05) is 18.7 Å². The molecule has 90 valence electrons. The lowest BCUT2D eigenvalue weighted by Crippen LogP contribution is -2.06. The third kappa shape index (κ3) is 4.15. The van der Waals surface area contributed by atoms with E-state index in [2.05, 4.69) is 6.58 Å². The Morgan fingerprint density at radius 2 is 2.18 bits per heavy atom. The van der Waals surface area contributed by atoms with E-state index in [0.29, 0.717) is 0 Å². The number of carboxylic acid groups (broad SMARTS) is 1. The van der Waals surface area contributed by atoms with Gasteiger partial charge in [-0.25, -0.2) is 4.79 Å². The van der Waals surface area contributed by atoms with E-state index in [-0.39, 0.29) is 6.10 Å². The summed E-state index contributed by atoms with van der Waals surface area (Å²) in [5, 5.41) is 8.54. The first-order valence-corrected chi connectivity index (χ1v) is 5.37. The molecule has 0 fully saturated rings. The second-order valence-electron chi connectivity index (χ2n) is 3.84. The maximum atomic E-state index is 10.4. The fraction of sp³-hybridized carbons (Fsp3) is 0.214. The molecule has 0 aliphatic rings. The molecule has 0 heterocycles. The number of carbonyl (C=O) groups is 1. The summed E-state index contributed by atoms with van der Waals surface area (Å²) in [4.78, 5) is 10.4. The van der Waals surface area contributed by atoms with Gasteiger partial charge < -0.3 is 9.84 Å². The first kappa shape index (κ1) is 13.0. The molecule has 1 rings (SSSR count). The molecule has 0 aliphatic heterocycles. The van der Waals surface area contributed by atoms with Crippen molar-refractivity contribution in [3.8, 4) is 5.75 Å². The van der Waals surface area contributed by atoms with Crippen LogP contribution in [0.3, 0.4) is 0 Å². The summed E-state index contributed by atoms with van der Waals surface area (Å²) in [5.41, 5.74) is 1.66. The molecule has 0 saturated heterocycles. The van der Waals surface area contributed by atoms with Crippen LogP contribution in [-0.2, 0) is 4.79 Å². The van der Waals surface area contributed by atoms with Crippen LogP contribution in [0.25, 0.3) is 12.2 Å². The van der Waals surface area contributed by atoms with Crippen molar-refractivity contribution < 1.29 is 14.6 Å². The summed E-state index contributed by atoms with van der Waals surface area (Å²) < 4.78 is 5.61. The van der Waals surface area contributed by atoms with Crippen molar-refractivity contribution in [2.75, 3.05) is 0 Å². The molecule has 0 amide bonds. The number of ether oxygens (including phenoxy) is 1. The summed E-state index contributed by atoms with van der Waals surface area (Å²) in [6, 6.07) is 5.47. The quantitative estimate of drug-likeness (QED) is 0.793. The first-order valence-electron chi connectivity index (χ1n) is 5.37. The summed E-state index contributed by atoms with van der Waals surface area (Å²) in [6.45, 7) is 7.61. The third-order valence-electron chi connectivity index (χ3n) is 2.03. The minimum Gasteiger partial charge on any atom is -0.490 e. The van der Waals surface area contributed by atoms with Crippen LogP contribution >= 0.6 is 0 Å². The topological polar surface area (TPSA) is 46.5 Å². The molecule has 3 nitrogen and oxygen atoms in total. The van der Waals surface area contributed by atoms with Gasteiger partial charge in [0, 0.05) is 11.6 Å². The van der Waals surface area contributed by atoms with Crippen LogP contribution in [-0.4, -0.2) is 17.2 Å². The van der Waals surface area contributed by atoms with Crippen LogP contribution in [0.4, 0.5) is 0 Å². The number of hydrogen-bond acceptors (Lipinski definition) is 2. The second-order valence-corrected chi connectivity index (χ2v) is 3.84. The van der Waals surface area contributed by atoms with E-state index < -0.39 is 5.97 Å². The zero-order valence-corrected chi connectivity index (χ0v) is 10.0. The highest BCUT2D eigenvalue weighted by Gasteiger charge is 2.03. The second kappa shape index (κ2) is 5.89. The minimum atomic E-state index is -0.965. The van der Waals surface area contributed by atoms with Gasteiger partial charge >= 0.3 is 5.97 Å². The van der Waals surface area contributed by atoms with Crippen LogP contribution in [0.5, 0.6) is 5.75 Å². The highest BCUT2D eigenvalue weighted by Crippen LogP contribution is 2.23. The number of hydrogen-bond donors (Lipinski definition) is 1. The predicted molar refractivity (Wildman–Crippen MR) is 69.0 cm³/mol. The van der Waals surface area contributed by atoms with Crippen molar-refractivity contribution in [1.82, 2.24) is 0 Å². The van der Waals surface area contributed by atoms with E-state index in [1.165, 1.54) is 6.08 Å². The number of benzene rings is 1. The van der Waals surface area contributed by atoms with Gasteiger partial charge in [0.1, 0.15) is 5.75 Å². The summed E-state index contributed by atoms with van der Waals surface area (Å²) in [7, 11) is 0. The highest BCUT2D eigenvalue weighted by molar-refractivity contribution is 5.85. The number of carboxylic acids is 1. The van der Waals surface area contributed by atoms with E-state index in [1.54, 1.807) is 6.08 Å². The molecule has 17 heavy (non-hydrogen) atoms. The zero-order valence-electron chi connectivity index (χ0n) is 10.0. The normalized spacial score (nSPS) is 10.8. The van der Waals surface area contributed by atoms with Crippen LogP contribution in [0.15, 0.2) is 30.9 Å². The average Bonchev–Trinajstić information content (AvgIpc) is 2.26. The maximum absolute atomic E-state index is 10.4. The van der Waals surface area contributed by atoms with Crippen LogP contribution in [0, 0.1) is 0 Å². The van der Waals surface area contributed by atoms with Crippen molar-refractivity contribution >= 4 is 18.1 Å². The molecule has 0 saturated carbocycles. The van der Waals surface area contributed by atoms with Crippen molar-refractivity contribution in [3.63, 3.8) is 0 Å². The Morgan fingerprint density at radius 3 is 2.71 bits per heavy atom. The molecule has 0 spiro atoms. The van der Waals surface area contributed by atoms with E-state index in [9.17, 15) is 4.79 Å². The van der Waals surface area contributed by atoms with Crippen molar-refractivity contribution in [2.45, 2.75) is 20.0 Å². The maximum Gasteiger partial charge on any atom is 0.328 e. The molecule has 0 bridgehead atoms. The van der Waals surface area contributed by atoms with Gasteiger partial charge in [-0.15, -0.1) is 0 Å². The Kier molecular flexibility index (Phi) is 4.52. The van der Waals surface area contributed by atoms with Gasteiger partial charge in [0.15, 0.2) is 0 Å². The van der Waals surface area contributed by atoms with E-state index in [1.807, 2.05) is 32.0 Å². The van der Waals surface area contributed by atoms with Crippen molar-refractivity contribution in [2.24, 2.45) is 0 Å². The highest BCUT2D eigenvalue weighted by atomic mass is 16.5. The van der Waals surface area contributed by atoms with E-state index in [0.717, 1.165) is 23.0 Å². The standard InChI is InChI=1S/C14H16O3/c1-4-12-9-11(6-8-14(15)16)5-7-13(12)17-10(2)3/h4-10H,1H2,2-3H3,(H,15,16). The summed E-state index contributed by atoms with van der Waals surface area (Å²) in [6.07, 6.45) is 4.42. The van der Waals surface area contributed by atoms with Crippen LogP contribution in [0.1, 0.15) is 25.0 Å². The molecule has 3 heteroatoms. The Morgan fingerprint density at radius 1 is 1.47 bits per heavy atom. The Bertz CT molecular complexity index is 445. The lowest BCUT2D eigenvalue weighted by atomic mass is 10.1. The lowest BCUT2D eigenvalue weighted by molar-refractivity contribution is -0.131. The smallest absolute Gasteiger partial charge is 0.328 e. The van der Waals surface area contributed by atoms with Crippen molar-refractivity contribution in [3.05, 3.63) is 42.0 Å². The molecule has 0 unspecified atom stereocenters. The van der Waals surface area contributed by atoms with Gasteiger partial charge in [0.25, 0.3) is 0 Å². The largest absolute Gasteiger partial charge is 0.490 e. The molecular weight excluding hydrogens is 216 g/mol. The van der Waals surface area contributed by atoms with Crippen molar-refractivity contribution in [1.29, 1.82) is 0 Å². The summed E-state index contributed by atoms with van der Waals surface area (Å²) in [5.74, 6) is -0.213. The molecular formula is C14H16O3. The van der Waals surface area contributed by atoms with Gasteiger partial charge in [0.05, 0.1) is 6.10 Å². The lowest BCUT2D eigenvalue weighted by Gasteiger charge is -2.12. The van der Waals surface area contributed by atoms with Gasteiger partial charge in [-0.05, 0) is 37.6 Å². The monoisotopic (exact) mass is 232 g/mol. The number of aliphatic carboxylic acids is 1. The Balaban J connectivity index is 2.99. The predicted octanol–water partition coefficient (Wildman–Crippen LogP) is 3.21. The molecule has 0 aliphatic carbocycles. The molecule has 1 aromatic carbocycles.